The summed E-state index contributed by atoms with van der Waals surface area (Å²) < 4.78 is 7.24. The molecular formula is C22H24N4O3. The average Bonchev–Trinajstić information content (AvgIpc) is 3.35. The standard InChI is InChI=1S/C22H24N4O3/c1-29-18-9-7-17(8-10-18)26-14-16(13-21(26)27)22(28)23-11-4-12-25-15-24-19-5-2-3-6-20(19)25/h2-3,5-10,15-16H,4,11-14H2,1H3,(H,23,28). The zero-order valence-corrected chi connectivity index (χ0v) is 16.4. The van der Waals surface area contributed by atoms with E-state index in [1.807, 2.05) is 54.9 Å². The van der Waals surface area contributed by atoms with E-state index in [9.17, 15) is 9.59 Å². The van der Waals surface area contributed by atoms with Gasteiger partial charge >= 0.3 is 0 Å². The van der Waals surface area contributed by atoms with E-state index < -0.39 is 0 Å². The van der Waals surface area contributed by atoms with E-state index in [0.717, 1.165) is 35.4 Å². The molecule has 1 aliphatic heterocycles. The SMILES string of the molecule is COc1ccc(N2CC(C(=O)NCCCn3cnc4ccccc43)CC2=O)cc1. The maximum Gasteiger partial charge on any atom is 0.227 e. The monoisotopic (exact) mass is 392 g/mol. The fourth-order valence-electron chi connectivity index (χ4n) is 3.69. The highest BCUT2D eigenvalue weighted by Crippen LogP contribution is 2.26. The average molecular weight is 392 g/mol. The third kappa shape index (κ3) is 4.08. The number of amides is 2. The summed E-state index contributed by atoms with van der Waals surface area (Å²) in [6.07, 6.45) is 2.87. The number of carbonyl (C=O) groups excluding carboxylic acids is 2. The van der Waals surface area contributed by atoms with Gasteiger partial charge in [-0.05, 0) is 42.8 Å². The van der Waals surface area contributed by atoms with Crippen molar-refractivity contribution in [2.45, 2.75) is 19.4 Å². The molecule has 7 nitrogen and oxygen atoms in total. The molecule has 0 saturated carbocycles. The molecule has 0 spiro atoms. The van der Waals surface area contributed by atoms with Crippen LogP contribution in [0.15, 0.2) is 54.9 Å². The second-order valence-electron chi connectivity index (χ2n) is 7.17. The molecule has 0 bridgehead atoms. The molecule has 1 aromatic heterocycles. The van der Waals surface area contributed by atoms with E-state index in [4.69, 9.17) is 4.74 Å². The number of para-hydroxylation sites is 2. The number of methoxy groups -OCH3 is 1. The van der Waals surface area contributed by atoms with Gasteiger partial charge in [0.25, 0.3) is 0 Å². The van der Waals surface area contributed by atoms with Gasteiger partial charge in [0.15, 0.2) is 0 Å². The van der Waals surface area contributed by atoms with E-state index in [2.05, 4.69) is 14.9 Å². The van der Waals surface area contributed by atoms with Crippen LogP contribution in [-0.4, -0.2) is 41.6 Å². The third-order valence-corrected chi connectivity index (χ3v) is 5.28. The summed E-state index contributed by atoms with van der Waals surface area (Å²) in [7, 11) is 1.60. The largest absolute Gasteiger partial charge is 0.497 e. The number of hydrogen-bond acceptors (Lipinski definition) is 4. The van der Waals surface area contributed by atoms with E-state index in [1.54, 1.807) is 12.0 Å². The summed E-state index contributed by atoms with van der Waals surface area (Å²) in [5, 5.41) is 2.97. The lowest BCUT2D eigenvalue weighted by molar-refractivity contribution is -0.126. The normalized spacial score (nSPS) is 16.4. The highest BCUT2D eigenvalue weighted by Gasteiger charge is 2.34. The van der Waals surface area contributed by atoms with Crippen molar-refractivity contribution in [2.75, 3.05) is 25.1 Å². The molecule has 2 heterocycles. The Kier molecular flexibility index (Phi) is 5.46. The number of aromatic nitrogens is 2. The maximum absolute atomic E-state index is 12.5. The maximum atomic E-state index is 12.5. The van der Waals surface area contributed by atoms with Gasteiger partial charge in [-0.15, -0.1) is 0 Å². The minimum Gasteiger partial charge on any atom is -0.497 e. The minimum atomic E-state index is -0.321. The van der Waals surface area contributed by atoms with E-state index >= 15 is 0 Å². The number of rotatable bonds is 7. The minimum absolute atomic E-state index is 0.0276. The number of anilines is 1. The van der Waals surface area contributed by atoms with Crippen molar-refractivity contribution >= 4 is 28.5 Å². The number of ether oxygens (including phenoxy) is 1. The highest BCUT2D eigenvalue weighted by atomic mass is 16.5. The molecule has 2 aromatic carbocycles. The second-order valence-corrected chi connectivity index (χ2v) is 7.17. The molecule has 1 N–H and O–H groups in total. The molecule has 1 atom stereocenters. The number of imidazole rings is 1. The van der Waals surface area contributed by atoms with Crippen LogP contribution in [0.4, 0.5) is 5.69 Å². The fraction of sp³-hybridized carbons (Fsp3) is 0.318. The fourth-order valence-corrected chi connectivity index (χ4v) is 3.69. The van der Waals surface area contributed by atoms with Gasteiger partial charge in [0.05, 0.1) is 30.4 Å². The number of benzene rings is 2. The summed E-state index contributed by atoms with van der Waals surface area (Å²) in [6, 6.07) is 15.3. The molecule has 0 aliphatic carbocycles. The van der Waals surface area contributed by atoms with Gasteiger partial charge in [-0.2, -0.15) is 0 Å². The Hall–Kier alpha value is -3.35. The van der Waals surface area contributed by atoms with Crippen LogP contribution in [0.1, 0.15) is 12.8 Å². The van der Waals surface area contributed by atoms with Crippen LogP contribution in [0.3, 0.4) is 0 Å². The van der Waals surface area contributed by atoms with Gasteiger partial charge < -0.3 is 19.5 Å². The predicted molar refractivity (Wildman–Crippen MR) is 111 cm³/mol. The summed E-state index contributed by atoms with van der Waals surface area (Å²) in [4.78, 5) is 30.9. The van der Waals surface area contributed by atoms with E-state index in [-0.39, 0.29) is 24.2 Å². The van der Waals surface area contributed by atoms with Crippen LogP contribution in [0, 0.1) is 5.92 Å². The molecule has 0 radical (unpaired) electrons. The Morgan fingerprint density at radius 2 is 2.00 bits per heavy atom. The van der Waals surface area contributed by atoms with Gasteiger partial charge in [0.1, 0.15) is 5.75 Å². The summed E-state index contributed by atoms with van der Waals surface area (Å²) in [5.41, 5.74) is 2.85. The molecule has 29 heavy (non-hydrogen) atoms. The van der Waals surface area contributed by atoms with Crippen molar-refractivity contribution in [1.82, 2.24) is 14.9 Å². The van der Waals surface area contributed by atoms with Crippen LogP contribution in [0.25, 0.3) is 11.0 Å². The Labute approximate surface area is 169 Å². The highest BCUT2D eigenvalue weighted by molar-refractivity contribution is 6.00. The molecule has 2 amide bonds. The Bertz CT molecular complexity index is 1010. The van der Waals surface area contributed by atoms with Crippen molar-refractivity contribution in [2.24, 2.45) is 5.92 Å². The third-order valence-electron chi connectivity index (χ3n) is 5.28. The zero-order valence-electron chi connectivity index (χ0n) is 16.4. The molecule has 4 rings (SSSR count). The Balaban J connectivity index is 1.27. The summed E-state index contributed by atoms with van der Waals surface area (Å²) in [6.45, 7) is 1.75. The molecule has 3 aromatic rings. The van der Waals surface area contributed by atoms with Crippen molar-refractivity contribution in [3.63, 3.8) is 0 Å². The van der Waals surface area contributed by atoms with Gasteiger partial charge in [-0.1, -0.05) is 12.1 Å². The molecule has 7 heteroatoms. The molecule has 1 unspecified atom stereocenters. The van der Waals surface area contributed by atoms with Gasteiger partial charge in [-0.3, -0.25) is 9.59 Å². The smallest absolute Gasteiger partial charge is 0.227 e. The number of fused-ring (bicyclic) bond motifs is 1. The van der Waals surface area contributed by atoms with Gasteiger partial charge in [0, 0.05) is 31.7 Å². The zero-order chi connectivity index (χ0) is 20.2. The molecule has 1 aliphatic rings. The van der Waals surface area contributed by atoms with Crippen LogP contribution in [0.5, 0.6) is 5.75 Å². The van der Waals surface area contributed by atoms with E-state index in [0.29, 0.717) is 13.1 Å². The molecular weight excluding hydrogens is 368 g/mol. The lowest BCUT2D eigenvalue weighted by atomic mass is 10.1. The van der Waals surface area contributed by atoms with Gasteiger partial charge in [0.2, 0.25) is 11.8 Å². The summed E-state index contributed by atoms with van der Waals surface area (Å²) >= 11 is 0. The number of hydrogen-bond donors (Lipinski definition) is 1. The predicted octanol–water partition coefficient (Wildman–Crippen LogP) is 2.60. The van der Waals surface area contributed by atoms with E-state index in [1.165, 1.54) is 0 Å². The van der Waals surface area contributed by atoms with Crippen molar-refractivity contribution < 1.29 is 14.3 Å². The lowest BCUT2D eigenvalue weighted by Crippen LogP contribution is -2.33. The molecule has 1 fully saturated rings. The van der Waals surface area contributed by atoms with Crippen LogP contribution in [-0.2, 0) is 16.1 Å². The number of aryl methyl sites for hydroxylation is 1. The quantitative estimate of drug-likeness (QED) is 0.627. The van der Waals surface area contributed by atoms with Crippen LogP contribution in [0.2, 0.25) is 0 Å². The first-order valence-corrected chi connectivity index (χ1v) is 9.77. The first-order valence-electron chi connectivity index (χ1n) is 9.77. The lowest BCUT2D eigenvalue weighted by Gasteiger charge is -2.17. The molecule has 1 saturated heterocycles. The Morgan fingerprint density at radius 1 is 1.21 bits per heavy atom. The number of nitrogens with zero attached hydrogens (tertiary/aromatic N) is 3. The Morgan fingerprint density at radius 3 is 2.79 bits per heavy atom. The number of nitrogens with one attached hydrogen (secondary N) is 1. The number of carbonyl (C=O) groups is 2. The first kappa shape index (κ1) is 19.0. The van der Waals surface area contributed by atoms with Crippen molar-refractivity contribution in [3.8, 4) is 5.75 Å². The molecule has 150 valence electrons. The van der Waals surface area contributed by atoms with Crippen molar-refractivity contribution in [1.29, 1.82) is 0 Å². The van der Waals surface area contributed by atoms with Gasteiger partial charge in [-0.25, -0.2) is 4.98 Å². The topological polar surface area (TPSA) is 76.5 Å². The first-order chi connectivity index (χ1) is 14.2. The van der Waals surface area contributed by atoms with Crippen LogP contribution < -0.4 is 15.0 Å². The van der Waals surface area contributed by atoms with Crippen molar-refractivity contribution in [3.05, 3.63) is 54.9 Å². The van der Waals surface area contributed by atoms with Crippen LogP contribution >= 0.6 is 0 Å². The summed E-state index contributed by atoms with van der Waals surface area (Å²) in [5.74, 6) is 0.323. The second kappa shape index (κ2) is 8.34.